The SMILES string of the molecule is C=C1Sc2cnc(N)nc2N1[C@@H]1O[C@H](CO)C[C@H]1O. The molecule has 0 aromatic carbocycles. The Hall–Kier alpha value is -1.35. The molecule has 19 heavy (non-hydrogen) atoms. The summed E-state index contributed by atoms with van der Waals surface area (Å²) in [7, 11) is 0. The van der Waals surface area contributed by atoms with Gasteiger partial charge in [-0.25, -0.2) is 4.98 Å². The number of nitrogens with two attached hydrogens (primary N) is 1. The first-order chi connectivity index (χ1) is 9.10. The van der Waals surface area contributed by atoms with Crippen LogP contribution in [-0.2, 0) is 4.74 Å². The molecule has 8 heteroatoms. The lowest BCUT2D eigenvalue weighted by molar-refractivity contribution is -0.00672. The van der Waals surface area contributed by atoms with E-state index in [0.717, 1.165) is 4.90 Å². The van der Waals surface area contributed by atoms with Gasteiger partial charge in [0.15, 0.2) is 12.0 Å². The molecule has 1 aromatic rings. The van der Waals surface area contributed by atoms with Crippen molar-refractivity contribution in [3.63, 3.8) is 0 Å². The van der Waals surface area contributed by atoms with Gasteiger partial charge in [0, 0.05) is 12.6 Å². The Labute approximate surface area is 114 Å². The highest BCUT2D eigenvalue weighted by Gasteiger charge is 2.42. The fourth-order valence-electron chi connectivity index (χ4n) is 2.26. The Kier molecular flexibility index (Phi) is 3.09. The summed E-state index contributed by atoms with van der Waals surface area (Å²) in [6.07, 6.45) is 0.314. The van der Waals surface area contributed by atoms with E-state index in [2.05, 4.69) is 16.5 Å². The third-order valence-corrected chi connectivity index (χ3v) is 4.04. The number of anilines is 2. The summed E-state index contributed by atoms with van der Waals surface area (Å²) in [5.41, 5.74) is 5.59. The summed E-state index contributed by atoms with van der Waals surface area (Å²) in [5.74, 6) is 0.746. The molecule has 1 aromatic heterocycles. The van der Waals surface area contributed by atoms with Crippen LogP contribution in [0.1, 0.15) is 6.42 Å². The molecular formula is C11H14N4O3S. The molecule has 1 fully saturated rings. The Morgan fingerprint density at radius 1 is 1.63 bits per heavy atom. The largest absolute Gasteiger partial charge is 0.394 e. The number of nitrogen functional groups attached to an aromatic ring is 1. The number of aliphatic hydroxyl groups excluding tert-OH is 2. The van der Waals surface area contributed by atoms with E-state index in [0.29, 0.717) is 17.3 Å². The molecule has 102 valence electrons. The molecule has 0 spiro atoms. The summed E-state index contributed by atoms with van der Waals surface area (Å²) >= 11 is 1.40. The zero-order valence-electron chi connectivity index (χ0n) is 10.1. The highest BCUT2D eigenvalue weighted by molar-refractivity contribution is 8.03. The van der Waals surface area contributed by atoms with Crippen molar-refractivity contribution < 1.29 is 14.9 Å². The van der Waals surface area contributed by atoms with Gasteiger partial charge in [-0.15, -0.1) is 0 Å². The fraction of sp³-hybridized carbons (Fsp3) is 0.455. The molecule has 3 atom stereocenters. The summed E-state index contributed by atoms with van der Waals surface area (Å²) < 4.78 is 5.62. The zero-order valence-corrected chi connectivity index (χ0v) is 10.9. The number of aromatic nitrogens is 2. The molecule has 2 aliphatic heterocycles. The lowest BCUT2D eigenvalue weighted by Gasteiger charge is -2.27. The van der Waals surface area contributed by atoms with Gasteiger partial charge in [-0.2, -0.15) is 4.98 Å². The van der Waals surface area contributed by atoms with E-state index in [1.54, 1.807) is 11.1 Å². The quantitative estimate of drug-likeness (QED) is 0.691. The first-order valence-corrected chi connectivity index (χ1v) is 6.64. The second-order valence-corrected chi connectivity index (χ2v) is 5.53. The molecule has 4 N–H and O–H groups in total. The van der Waals surface area contributed by atoms with Crippen LogP contribution < -0.4 is 10.6 Å². The highest BCUT2D eigenvalue weighted by Crippen LogP contribution is 2.46. The number of hydrogen-bond donors (Lipinski definition) is 3. The Balaban J connectivity index is 1.94. The van der Waals surface area contributed by atoms with E-state index in [4.69, 9.17) is 15.6 Å². The van der Waals surface area contributed by atoms with E-state index in [9.17, 15) is 5.11 Å². The third kappa shape index (κ3) is 2.06. The monoisotopic (exact) mass is 282 g/mol. The van der Waals surface area contributed by atoms with Gasteiger partial charge >= 0.3 is 0 Å². The van der Waals surface area contributed by atoms with Crippen molar-refractivity contribution >= 4 is 23.5 Å². The molecule has 0 amide bonds. The van der Waals surface area contributed by atoms with Crippen LogP contribution in [0.2, 0.25) is 0 Å². The second kappa shape index (κ2) is 4.64. The molecular weight excluding hydrogens is 268 g/mol. The number of hydrogen-bond acceptors (Lipinski definition) is 8. The van der Waals surface area contributed by atoms with E-state index >= 15 is 0 Å². The van der Waals surface area contributed by atoms with Gasteiger partial charge in [0.1, 0.15) is 6.10 Å². The van der Waals surface area contributed by atoms with Crippen LogP contribution in [0.15, 0.2) is 22.7 Å². The fourth-order valence-corrected chi connectivity index (χ4v) is 3.14. The maximum Gasteiger partial charge on any atom is 0.222 e. The highest BCUT2D eigenvalue weighted by atomic mass is 32.2. The number of thioether (sulfide) groups is 1. The van der Waals surface area contributed by atoms with Gasteiger partial charge in [0.05, 0.1) is 22.6 Å². The minimum Gasteiger partial charge on any atom is -0.394 e. The second-order valence-electron chi connectivity index (χ2n) is 4.42. The summed E-state index contributed by atoms with van der Waals surface area (Å²) in [6, 6.07) is 0. The number of nitrogens with zero attached hydrogens (tertiary/aromatic N) is 3. The third-order valence-electron chi connectivity index (χ3n) is 3.10. The van der Waals surface area contributed by atoms with Crippen molar-refractivity contribution in [3.8, 4) is 0 Å². The molecule has 2 aliphatic rings. The van der Waals surface area contributed by atoms with E-state index in [-0.39, 0.29) is 18.7 Å². The van der Waals surface area contributed by atoms with E-state index < -0.39 is 12.3 Å². The van der Waals surface area contributed by atoms with Crippen LogP contribution in [0.3, 0.4) is 0 Å². The minimum absolute atomic E-state index is 0.125. The lowest BCUT2D eigenvalue weighted by Crippen LogP contribution is -2.39. The molecule has 0 bridgehead atoms. The topological polar surface area (TPSA) is 105 Å². The van der Waals surface area contributed by atoms with Crippen molar-refractivity contribution in [2.75, 3.05) is 17.2 Å². The lowest BCUT2D eigenvalue weighted by atomic mass is 10.2. The molecule has 0 saturated carbocycles. The van der Waals surface area contributed by atoms with Crippen LogP contribution in [0.5, 0.6) is 0 Å². The average molecular weight is 282 g/mol. The van der Waals surface area contributed by atoms with Gasteiger partial charge < -0.3 is 20.7 Å². The Morgan fingerprint density at radius 2 is 2.42 bits per heavy atom. The van der Waals surface area contributed by atoms with Crippen LogP contribution >= 0.6 is 11.8 Å². The molecule has 0 aliphatic carbocycles. The number of aliphatic hydroxyl groups is 2. The van der Waals surface area contributed by atoms with Crippen molar-refractivity contribution in [2.24, 2.45) is 0 Å². The van der Waals surface area contributed by atoms with E-state index in [1.165, 1.54) is 11.8 Å². The first-order valence-electron chi connectivity index (χ1n) is 5.83. The van der Waals surface area contributed by atoms with Crippen molar-refractivity contribution in [3.05, 3.63) is 17.8 Å². The minimum atomic E-state index is -0.711. The smallest absolute Gasteiger partial charge is 0.222 e. The molecule has 0 unspecified atom stereocenters. The predicted octanol–water partition coefficient (Wildman–Crippen LogP) is -0.0897. The van der Waals surface area contributed by atoms with E-state index in [1.807, 2.05) is 0 Å². The molecule has 7 nitrogen and oxygen atoms in total. The van der Waals surface area contributed by atoms with Gasteiger partial charge in [-0.3, -0.25) is 4.90 Å². The Morgan fingerprint density at radius 3 is 3.11 bits per heavy atom. The number of rotatable bonds is 2. The summed E-state index contributed by atoms with van der Waals surface area (Å²) in [4.78, 5) is 10.6. The van der Waals surface area contributed by atoms with Gasteiger partial charge in [-0.1, -0.05) is 18.3 Å². The van der Waals surface area contributed by atoms with Gasteiger partial charge in [0.25, 0.3) is 0 Å². The molecule has 3 rings (SSSR count). The van der Waals surface area contributed by atoms with Crippen LogP contribution in [0, 0.1) is 0 Å². The Bertz CT molecular complexity index is 527. The van der Waals surface area contributed by atoms with Crippen molar-refractivity contribution in [2.45, 2.75) is 29.8 Å². The molecule has 3 heterocycles. The maximum atomic E-state index is 10.1. The van der Waals surface area contributed by atoms with Crippen LogP contribution in [0.4, 0.5) is 11.8 Å². The van der Waals surface area contributed by atoms with Crippen molar-refractivity contribution in [1.29, 1.82) is 0 Å². The predicted molar refractivity (Wildman–Crippen MR) is 70.3 cm³/mol. The number of fused-ring (bicyclic) bond motifs is 1. The molecule has 0 radical (unpaired) electrons. The van der Waals surface area contributed by atoms with Gasteiger partial charge in [0.2, 0.25) is 5.95 Å². The molecule has 1 saturated heterocycles. The van der Waals surface area contributed by atoms with Crippen LogP contribution in [0.25, 0.3) is 0 Å². The zero-order chi connectivity index (χ0) is 13.6. The van der Waals surface area contributed by atoms with Gasteiger partial charge in [-0.05, 0) is 0 Å². The summed E-state index contributed by atoms with van der Waals surface area (Å²) in [6.45, 7) is 3.81. The van der Waals surface area contributed by atoms with Crippen LogP contribution in [-0.4, -0.2) is 45.2 Å². The first kappa shape index (κ1) is 12.7. The number of ether oxygens (including phenoxy) is 1. The summed E-state index contributed by atoms with van der Waals surface area (Å²) in [5, 5.41) is 19.9. The standard InChI is InChI=1S/C11H14N4O3S/c1-5-15(10-7(17)2-6(4-16)18-10)9-8(19-5)3-13-11(12)14-9/h3,6-7,10,16-17H,1-2,4H2,(H2,12,13,14)/t6-,7+,10+/m0/s1. The maximum absolute atomic E-state index is 10.1. The normalized spacial score (nSPS) is 29.9. The van der Waals surface area contributed by atoms with Crippen molar-refractivity contribution in [1.82, 2.24) is 9.97 Å². The average Bonchev–Trinajstić information content (AvgIpc) is 2.88.